The molecule has 1 unspecified atom stereocenters. The Kier molecular flexibility index (Phi) is 3.39. The van der Waals surface area contributed by atoms with Gasteiger partial charge in [0.15, 0.2) is 0 Å². The van der Waals surface area contributed by atoms with Gasteiger partial charge in [-0.15, -0.1) is 0 Å². The van der Waals surface area contributed by atoms with E-state index in [0.717, 1.165) is 22.2 Å². The highest BCUT2D eigenvalue weighted by Crippen LogP contribution is 2.26. The summed E-state index contributed by atoms with van der Waals surface area (Å²) < 4.78 is 5.29. The van der Waals surface area contributed by atoms with Crippen molar-refractivity contribution in [2.45, 2.75) is 19.4 Å². The summed E-state index contributed by atoms with van der Waals surface area (Å²) in [5.74, 6) is 0.546. The Morgan fingerprint density at radius 1 is 1.24 bits per heavy atom. The van der Waals surface area contributed by atoms with Crippen molar-refractivity contribution in [1.29, 1.82) is 0 Å². The number of hydrogen-bond acceptors (Lipinski definition) is 4. The highest BCUT2D eigenvalue weighted by Gasteiger charge is 2.26. The van der Waals surface area contributed by atoms with E-state index in [1.54, 1.807) is 31.5 Å². The van der Waals surface area contributed by atoms with Gasteiger partial charge in [0.2, 0.25) is 0 Å². The van der Waals surface area contributed by atoms with Crippen LogP contribution < -0.4 is 5.32 Å². The van der Waals surface area contributed by atoms with E-state index in [0.29, 0.717) is 12.3 Å². The maximum absolute atomic E-state index is 10.5. The fraction of sp³-hybridized carbons (Fsp3) is 0.235. The molecule has 0 spiro atoms. The third-order valence-corrected chi connectivity index (χ3v) is 3.65. The molecule has 0 aliphatic carbocycles. The number of aliphatic hydroxyl groups is 1. The van der Waals surface area contributed by atoms with E-state index in [-0.39, 0.29) is 0 Å². The van der Waals surface area contributed by atoms with Gasteiger partial charge in [0.05, 0.1) is 18.3 Å². The molecular weight excluding hydrogens is 264 g/mol. The molecule has 0 bridgehead atoms. The highest BCUT2D eigenvalue weighted by molar-refractivity contribution is 5.92. The van der Waals surface area contributed by atoms with Crippen molar-refractivity contribution in [2.75, 3.05) is 11.9 Å². The summed E-state index contributed by atoms with van der Waals surface area (Å²) in [6.07, 6.45) is 3.34. The van der Waals surface area contributed by atoms with Gasteiger partial charge in [0.1, 0.15) is 11.4 Å². The number of anilines is 1. The number of aryl methyl sites for hydroxylation is 1. The molecule has 3 aromatic rings. The third-order valence-electron chi connectivity index (χ3n) is 3.65. The second kappa shape index (κ2) is 5.22. The van der Waals surface area contributed by atoms with Crippen LogP contribution in [0.3, 0.4) is 0 Å². The second-order valence-corrected chi connectivity index (χ2v) is 5.43. The number of pyridine rings is 1. The number of hydrogen-bond donors (Lipinski definition) is 2. The van der Waals surface area contributed by atoms with Crippen molar-refractivity contribution in [3.63, 3.8) is 0 Å². The van der Waals surface area contributed by atoms with Crippen molar-refractivity contribution in [3.8, 4) is 0 Å². The molecule has 2 N–H and O–H groups in total. The number of para-hydroxylation sites is 1. The Hall–Kier alpha value is -2.33. The Morgan fingerprint density at radius 2 is 2.10 bits per heavy atom. The smallest absolute Gasteiger partial charge is 0.136 e. The summed E-state index contributed by atoms with van der Waals surface area (Å²) in [6, 6.07) is 11.5. The molecule has 3 rings (SSSR count). The summed E-state index contributed by atoms with van der Waals surface area (Å²) in [4.78, 5) is 4.41. The monoisotopic (exact) mass is 282 g/mol. The summed E-state index contributed by atoms with van der Waals surface area (Å²) in [5, 5.41) is 14.8. The van der Waals surface area contributed by atoms with Crippen LogP contribution >= 0.6 is 0 Å². The average molecular weight is 282 g/mol. The average Bonchev–Trinajstić information content (AvgIpc) is 3.01. The second-order valence-electron chi connectivity index (χ2n) is 5.43. The summed E-state index contributed by atoms with van der Waals surface area (Å²) in [5.41, 5.74) is 1.99. The van der Waals surface area contributed by atoms with Crippen LogP contribution in [-0.4, -0.2) is 16.6 Å². The Morgan fingerprint density at radius 3 is 2.86 bits per heavy atom. The Bertz CT molecular complexity index is 749. The lowest BCUT2D eigenvalue weighted by atomic mass is 10.0. The maximum atomic E-state index is 10.5. The van der Waals surface area contributed by atoms with Crippen molar-refractivity contribution in [1.82, 2.24) is 4.98 Å². The Labute approximate surface area is 123 Å². The number of aromatic nitrogens is 1. The molecular formula is C17H18N2O2. The van der Waals surface area contributed by atoms with Gasteiger partial charge in [0.25, 0.3) is 0 Å². The molecule has 1 atom stereocenters. The zero-order valence-electron chi connectivity index (χ0n) is 12.1. The molecule has 0 aliphatic rings. The van der Waals surface area contributed by atoms with Gasteiger partial charge in [0, 0.05) is 17.3 Å². The minimum atomic E-state index is -1.07. The molecule has 0 radical (unpaired) electrons. The summed E-state index contributed by atoms with van der Waals surface area (Å²) >= 11 is 0. The largest absolute Gasteiger partial charge is 0.466 e. The molecule has 0 saturated carbocycles. The first kappa shape index (κ1) is 13.6. The molecule has 1 aromatic carbocycles. The van der Waals surface area contributed by atoms with Crippen LogP contribution in [0.25, 0.3) is 10.9 Å². The lowest BCUT2D eigenvalue weighted by Gasteiger charge is -2.22. The van der Waals surface area contributed by atoms with E-state index in [4.69, 9.17) is 4.42 Å². The molecule has 4 nitrogen and oxygen atoms in total. The van der Waals surface area contributed by atoms with E-state index in [1.165, 1.54) is 0 Å². The van der Waals surface area contributed by atoms with Crippen LogP contribution in [0, 0.1) is 6.92 Å². The zero-order chi connectivity index (χ0) is 14.9. The van der Waals surface area contributed by atoms with Crippen molar-refractivity contribution < 1.29 is 9.52 Å². The lowest BCUT2D eigenvalue weighted by Crippen LogP contribution is -2.30. The van der Waals surface area contributed by atoms with E-state index in [1.807, 2.05) is 31.2 Å². The molecule has 0 saturated heterocycles. The SMILES string of the molecule is Cc1cccc2c(NCC(C)(O)c3ccco3)ccnc12. The lowest BCUT2D eigenvalue weighted by molar-refractivity contribution is 0.0477. The fourth-order valence-corrected chi connectivity index (χ4v) is 2.42. The van der Waals surface area contributed by atoms with Gasteiger partial charge in [-0.2, -0.15) is 0 Å². The van der Waals surface area contributed by atoms with Crippen LogP contribution in [0.1, 0.15) is 18.2 Å². The molecule has 2 aromatic heterocycles. The molecule has 2 heterocycles. The normalized spacial score (nSPS) is 14.0. The number of furan rings is 1. The maximum Gasteiger partial charge on any atom is 0.136 e. The first-order valence-electron chi connectivity index (χ1n) is 6.92. The van der Waals surface area contributed by atoms with Gasteiger partial charge < -0.3 is 14.8 Å². The van der Waals surface area contributed by atoms with Gasteiger partial charge >= 0.3 is 0 Å². The van der Waals surface area contributed by atoms with Gasteiger partial charge in [-0.1, -0.05) is 18.2 Å². The molecule has 0 aliphatic heterocycles. The molecule has 4 heteroatoms. The molecule has 0 amide bonds. The van der Waals surface area contributed by atoms with Crippen molar-refractivity contribution >= 4 is 16.6 Å². The van der Waals surface area contributed by atoms with Gasteiger partial charge in [-0.25, -0.2) is 0 Å². The van der Waals surface area contributed by atoms with Crippen molar-refractivity contribution in [2.24, 2.45) is 0 Å². The number of rotatable bonds is 4. The third kappa shape index (κ3) is 2.62. The van der Waals surface area contributed by atoms with E-state index in [2.05, 4.69) is 10.3 Å². The topological polar surface area (TPSA) is 58.3 Å². The standard InChI is InChI=1S/C17H18N2O2/c1-12-5-3-6-13-14(8-9-18-16(12)13)19-11-17(2,20)15-7-4-10-21-15/h3-10,20H,11H2,1-2H3,(H,18,19). The van der Waals surface area contributed by atoms with Crippen LogP contribution in [0.5, 0.6) is 0 Å². The van der Waals surface area contributed by atoms with Gasteiger partial charge in [-0.3, -0.25) is 4.98 Å². The molecule has 21 heavy (non-hydrogen) atoms. The Balaban J connectivity index is 1.88. The number of fused-ring (bicyclic) bond motifs is 1. The summed E-state index contributed by atoms with van der Waals surface area (Å²) in [7, 11) is 0. The molecule has 108 valence electrons. The van der Waals surface area contributed by atoms with Crippen LogP contribution in [-0.2, 0) is 5.60 Å². The highest BCUT2D eigenvalue weighted by atomic mass is 16.4. The number of nitrogens with one attached hydrogen (secondary N) is 1. The number of nitrogens with zero attached hydrogens (tertiary/aromatic N) is 1. The summed E-state index contributed by atoms with van der Waals surface area (Å²) in [6.45, 7) is 4.12. The predicted octanol–water partition coefficient (Wildman–Crippen LogP) is 3.46. The minimum absolute atomic E-state index is 0.355. The zero-order valence-corrected chi connectivity index (χ0v) is 12.1. The quantitative estimate of drug-likeness (QED) is 0.769. The first-order valence-corrected chi connectivity index (χ1v) is 6.92. The van der Waals surface area contributed by atoms with Crippen LogP contribution in [0.15, 0.2) is 53.3 Å². The van der Waals surface area contributed by atoms with E-state index >= 15 is 0 Å². The first-order chi connectivity index (χ1) is 10.1. The number of benzene rings is 1. The van der Waals surface area contributed by atoms with Gasteiger partial charge in [-0.05, 0) is 37.6 Å². The van der Waals surface area contributed by atoms with E-state index in [9.17, 15) is 5.11 Å². The minimum Gasteiger partial charge on any atom is -0.466 e. The van der Waals surface area contributed by atoms with Crippen LogP contribution in [0.4, 0.5) is 5.69 Å². The van der Waals surface area contributed by atoms with E-state index < -0.39 is 5.60 Å². The fourth-order valence-electron chi connectivity index (χ4n) is 2.42. The van der Waals surface area contributed by atoms with Crippen molar-refractivity contribution in [3.05, 3.63) is 60.2 Å². The van der Waals surface area contributed by atoms with Crippen LogP contribution in [0.2, 0.25) is 0 Å². The molecule has 0 fully saturated rings. The predicted molar refractivity (Wildman–Crippen MR) is 83.2 cm³/mol.